The van der Waals surface area contributed by atoms with Gasteiger partial charge in [0.25, 0.3) is 0 Å². The normalized spacial score (nSPS) is 19.3. The van der Waals surface area contributed by atoms with Crippen LogP contribution >= 0.6 is 0 Å². The first-order valence-corrected chi connectivity index (χ1v) is 10.5. The highest BCUT2D eigenvalue weighted by Crippen LogP contribution is 2.28. The van der Waals surface area contributed by atoms with Gasteiger partial charge in [-0.1, -0.05) is 0 Å². The number of carboxylic acid groups (broad SMARTS) is 1. The molecule has 140 valence electrons. The van der Waals surface area contributed by atoms with Crippen molar-refractivity contribution >= 4 is 31.7 Å². The van der Waals surface area contributed by atoms with Crippen molar-refractivity contribution in [3.63, 3.8) is 0 Å². The lowest BCUT2D eigenvalue weighted by Gasteiger charge is -2.21. The molecule has 1 atom stereocenters. The van der Waals surface area contributed by atoms with Gasteiger partial charge in [0.15, 0.2) is 0 Å². The van der Waals surface area contributed by atoms with E-state index in [4.69, 9.17) is 5.11 Å². The molecule has 25 heavy (non-hydrogen) atoms. The summed E-state index contributed by atoms with van der Waals surface area (Å²) in [6.45, 7) is 2.86. The highest BCUT2D eigenvalue weighted by atomic mass is 32.2. The highest BCUT2D eigenvalue weighted by Gasteiger charge is 2.39. The number of sulfonamides is 2. The number of nitrogens with zero attached hydrogens (tertiary/aromatic N) is 1. The van der Waals surface area contributed by atoms with E-state index in [2.05, 4.69) is 4.72 Å². The molecule has 0 radical (unpaired) electrons. The number of anilines is 1. The molecule has 1 heterocycles. The molecule has 1 fully saturated rings. The Bertz CT molecular complexity index is 883. The van der Waals surface area contributed by atoms with Gasteiger partial charge < -0.3 is 5.11 Å². The van der Waals surface area contributed by atoms with Gasteiger partial charge in [0.2, 0.25) is 20.0 Å². The van der Waals surface area contributed by atoms with E-state index in [1.807, 2.05) is 0 Å². The Labute approximate surface area is 145 Å². The van der Waals surface area contributed by atoms with Gasteiger partial charge in [-0.3, -0.25) is 9.52 Å². The summed E-state index contributed by atoms with van der Waals surface area (Å²) in [4.78, 5) is 10.7. The topological polar surface area (TPSA) is 121 Å². The Morgan fingerprint density at radius 1 is 1.32 bits per heavy atom. The zero-order valence-corrected chi connectivity index (χ0v) is 15.3. The van der Waals surface area contributed by atoms with Crippen molar-refractivity contribution in [2.75, 3.05) is 11.3 Å². The summed E-state index contributed by atoms with van der Waals surface area (Å²) < 4.78 is 65.8. The van der Waals surface area contributed by atoms with Crippen molar-refractivity contribution in [2.45, 2.75) is 42.9 Å². The third-order valence-electron chi connectivity index (χ3n) is 3.91. The standard InChI is InChI=1S/C14H19FN2O6S2/c1-9(2)24(20,21)16-12-6-5-10(8-11(12)15)25(22,23)17-7-3-4-13(17)14(18)19/h5-6,8-9,13,16H,3-4,7H2,1-2H3,(H,18,19)/t13-/m1/s1. The lowest BCUT2D eigenvalue weighted by Crippen LogP contribution is -2.40. The van der Waals surface area contributed by atoms with Crippen LogP contribution < -0.4 is 4.72 Å². The van der Waals surface area contributed by atoms with E-state index in [1.54, 1.807) is 0 Å². The Morgan fingerprint density at radius 2 is 1.96 bits per heavy atom. The zero-order chi connectivity index (χ0) is 19.0. The molecule has 2 rings (SSSR count). The summed E-state index contributed by atoms with van der Waals surface area (Å²) in [5.74, 6) is -2.32. The van der Waals surface area contributed by atoms with E-state index in [0.717, 1.165) is 16.4 Å². The Hall–Kier alpha value is -1.72. The lowest BCUT2D eigenvalue weighted by atomic mass is 10.2. The van der Waals surface area contributed by atoms with Gasteiger partial charge >= 0.3 is 5.97 Å². The SMILES string of the molecule is CC(C)S(=O)(=O)Nc1ccc(S(=O)(=O)N2CCC[C@@H]2C(=O)O)cc1F. The van der Waals surface area contributed by atoms with Gasteiger partial charge in [0.05, 0.1) is 15.8 Å². The molecule has 8 nitrogen and oxygen atoms in total. The minimum absolute atomic E-state index is 0.0304. The van der Waals surface area contributed by atoms with Crippen molar-refractivity contribution in [1.29, 1.82) is 0 Å². The van der Waals surface area contributed by atoms with Crippen LogP contribution in [0.3, 0.4) is 0 Å². The number of hydrogen-bond acceptors (Lipinski definition) is 5. The number of rotatable bonds is 6. The molecule has 1 aromatic carbocycles. The third kappa shape index (κ3) is 3.93. The number of aliphatic carboxylic acids is 1. The molecule has 0 unspecified atom stereocenters. The predicted molar refractivity (Wildman–Crippen MR) is 88.6 cm³/mol. The second-order valence-corrected chi connectivity index (χ2v) is 10.1. The Kier molecular flexibility index (Phi) is 5.40. The van der Waals surface area contributed by atoms with Crippen LogP contribution in [0, 0.1) is 5.82 Å². The van der Waals surface area contributed by atoms with Crippen LogP contribution in [0.25, 0.3) is 0 Å². The number of nitrogens with one attached hydrogen (secondary N) is 1. The number of carboxylic acids is 1. The van der Waals surface area contributed by atoms with E-state index >= 15 is 0 Å². The molecule has 0 aliphatic carbocycles. The molecule has 1 saturated heterocycles. The quantitative estimate of drug-likeness (QED) is 0.748. The van der Waals surface area contributed by atoms with E-state index in [9.17, 15) is 26.0 Å². The smallest absolute Gasteiger partial charge is 0.322 e. The van der Waals surface area contributed by atoms with Crippen molar-refractivity contribution in [3.8, 4) is 0 Å². The van der Waals surface area contributed by atoms with Crippen LogP contribution in [0.2, 0.25) is 0 Å². The molecule has 0 bridgehead atoms. The van der Waals surface area contributed by atoms with Gasteiger partial charge in [-0.2, -0.15) is 4.31 Å². The molecule has 2 N–H and O–H groups in total. The number of halogens is 1. The van der Waals surface area contributed by atoms with Crippen LogP contribution in [0.5, 0.6) is 0 Å². The van der Waals surface area contributed by atoms with E-state index in [0.29, 0.717) is 12.5 Å². The fourth-order valence-corrected chi connectivity index (χ4v) is 4.79. The summed E-state index contributed by atoms with van der Waals surface area (Å²) >= 11 is 0. The largest absolute Gasteiger partial charge is 0.480 e. The third-order valence-corrected chi connectivity index (χ3v) is 7.56. The lowest BCUT2D eigenvalue weighted by molar-refractivity contribution is -0.140. The number of hydrogen-bond donors (Lipinski definition) is 2. The first kappa shape index (κ1) is 19.6. The fraction of sp³-hybridized carbons (Fsp3) is 0.500. The monoisotopic (exact) mass is 394 g/mol. The average Bonchev–Trinajstić information content (AvgIpc) is 2.99. The van der Waals surface area contributed by atoms with E-state index in [-0.39, 0.29) is 18.7 Å². The van der Waals surface area contributed by atoms with Crippen LogP contribution in [0.4, 0.5) is 10.1 Å². The van der Waals surface area contributed by atoms with Crippen LogP contribution in [0.15, 0.2) is 23.1 Å². The van der Waals surface area contributed by atoms with Crippen LogP contribution in [0.1, 0.15) is 26.7 Å². The molecule has 0 spiro atoms. The molecule has 11 heteroatoms. The van der Waals surface area contributed by atoms with Gasteiger partial charge in [-0.15, -0.1) is 0 Å². The molecule has 0 aromatic heterocycles. The second-order valence-electron chi connectivity index (χ2n) is 5.95. The maximum absolute atomic E-state index is 14.2. The minimum atomic E-state index is -4.20. The predicted octanol–water partition coefficient (Wildman–Crippen LogP) is 1.21. The molecular weight excluding hydrogens is 375 g/mol. The molecule has 0 amide bonds. The van der Waals surface area contributed by atoms with Crippen molar-refractivity contribution in [2.24, 2.45) is 0 Å². The highest BCUT2D eigenvalue weighted by molar-refractivity contribution is 7.93. The summed E-state index contributed by atoms with van der Waals surface area (Å²) in [5.41, 5.74) is -0.371. The first-order chi connectivity index (χ1) is 11.5. The molecule has 1 aromatic rings. The van der Waals surface area contributed by atoms with Gasteiger partial charge in [0.1, 0.15) is 11.9 Å². The first-order valence-electron chi connectivity index (χ1n) is 7.52. The summed E-state index contributed by atoms with van der Waals surface area (Å²) in [6, 6.07) is 1.55. The van der Waals surface area contributed by atoms with Gasteiger partial charge in [-0.05, 0) is 44.9 Å². The maximum Gasteiger partial charge on any atom is 0.322 e. The Morgan fingerprint density at radius 3 is 2.48 bits per heavy atom. The molecule has 1 aliphatic heterocycles. The maximum atomic E-state index is 14.2. The van der Waals surface area contributed by atoms with Crippen molar-refractivity contribution < 1.29 is 31.1 Å². The summed E-state index contributed by atoms with van der Waals surface area (Å²) in [5, 5.41) is 8.32. The summed E-state index contributed by atoms with van der Waals surface area (Å²) in [7, 11) is -7.98. The summed E-state index contributed by atoms with van der Waals surface area (Å²) in [6.07, 6.45) is 0.578. The number of benzene rings is 1. The van der Waals surface area contributed by atoms with Crippen LogP contribution in [-0.4, -0.2) is 50.1 Å². The van der Waals surface area contributed by atoms with Gasteiger partial charge in [0, 0.05) is 6.54 Å². The van der Waals surface area contributed by atoms with Crippen LogP contribution in [-0.2, 0) is 24.8 Å². The molecule has 1 aliphatic rings. The second kappa shape index (κ2) is 6.89. The van der Waals surface area contributed by atoms with Gasteiger partial charge in [-0.25, -0.2) is 21.2 Å². The number of carbonyl (C=O) groups is 1. The minimum Gasteiger partial charge on any atom is -0.480 e. The van der Waals surface area contributed by atoms with Crippen molar-refractivity contribution in [1.82, 2.24) is 4.31 Å². The average molecular weight is 394 g/mol. The Balaban J connectivity index is 2.35. The molecule has 0 saturated carbocycles. The van der Waals surface area contributed by atoms with E-state index in [1.165, 1.54) is 13.8 Å². The fourth-order valence-electron chi connectivity index (χ4n) is 2.42. The van der Waals surface area contributed by atoms with Crippen molar-refractivity contribution in [3.05, 3.63) is 24.0 Å². The van der Waals surface area contributed by atoms with E-state index < -0.39 is 48.0 Å². The molecular formula is C14H19FN2O6S2. The zero-order valence-electron chi connectivity index (χ0n) is 13.6.